The van der Waals surface area contributed by atoms with Crippen molar-refractivity contribution < 1.29 is 45.2 Å². The zero-order chi connectivity index (χ0) is 19.6. The second-order valence-corrected chi connectivity index (χ2v) is 7.37. The monoisotopic (exact) mass is 381 g/mol. The smallest absolute Gasteiger partial charge is 0.137 e. The van der Waals surface area contributed by atoms with Crippen molar-refractivity contribution in [3.63, 3.8) is 0 Å². The molecule has 0 aromatic carbocycles. The Morgan fingerprint density at radius 3 is 2.12 bits per heavy atom. The fourth-order valence-electron chi connectivity index (χ4n) is 3.52. The van der Waals surface area contributed by atoms with E-state index in [0.29, 0.717) is 0 Å². The Kier molecular flexibility index (Phi) is 7.74. The Morgan fingerprint density at radius 2 is 1.58 bits per heavy atom. The van der Waals surface area contributed by atoms with Gasteiger partial charge in [-0.15, -0.1) is 0 Å². The van der Waals surface area contributed by atoms with E-state index < -0.39 is 74.2 Å². The molecule has 0 aromatic heterocycles. The molecule has 8 N–H and O–H groups in total. The molecule has 2 fully saturated rings. The number of hydrogen-bond acceptors (Lipinski definition) is 10. The fraction of sp³-hybridized carbons (Fsp3) is 1.00. The Bertz CT molecular complexity index is 436. The van der Waals surface area contributed by atoms with Crippen molar-refractivity contribution in [3.8, 4) is 0 Å². The van der Waals surface area contributed by atoms with Gasteiger partial charge in [0.05, 0.1) is 18.8 Å². The van der Waals surface area contributed by atoms with Crippen LogP contribution in [0.5, 0.6) is 0 Å². The molecule has 0 amide bonds. The van der Waals surface area contributed by atoms with Gasteiger partial charge in [0, 0.05) is 18.6 Å². The SMILES string of the molecule is CC(C)NC1OC(CO)C(OC2CC(CO)C(O)C(O)C2O)C(O)C1O. The molecule has 0 aromatic rings. The van der Waals surface area contributed by atoms with Gasteiger partial charge in [-0.1, -0.05) is 0 Å². The average Bonchev–Trinajstić information content (AvgIpc) is 2.60. The Hall–Kier alpha value is -0.400. The van der Waals surface area contributed by atoms with Gasteiger partial charge in [-0.3, -0.25) is 5.32 Å². The van der Waals surface area contributed by atoms with Crippen molar-refractivity contribution in [2.75, 3.05) is 13.2 Å². The van der Waals surface area contributed by atoms with Crippen LogP contribution in [0.4, 0.5) is 0 Å². The van der Waals surface area contributed by atoms with Gasteiger partial charge in [-0.25, -0.2) is 0 Å². The molecule has 0 bridgehead atoms. The molecule has 1 aliphatic carbocycles. The molecule has 1 heterocycles. The zero-order valence-corrected chi connectivity index (χ0v) is 14.9. The van der Waals surface area contributed by atoms with E-state index in [-0.39, 0.29) is 12.5 Å². The molecule has 1 aliphatic heterocycles. The summed E-state index contributed by atoms with van der Waals surface area (Å²) in [6.45, 7) is 2.75. The van der Waals surface area contributed by atoms with Crippen molar-refractivity contribution in [2.24, 2.45) is 5.92 Å². The lowest BCUT2D eigenvalue weighted by Gasteiger charge is -2.46. The maximum Gasteiger partial charge on any atom is 0.137 e. The van der Waals surface area contributed by atoms with Gasteiger partial charge >= 0.3 is 0 Å². The standard InChI is InChI=1S/C16H31NO9/c1-6(2)17-16-14(24)13(23)15(9(5-19)26-16)25-8-3-7(4-18)10(20)12(22)11(8)21/h6-24H,3-5H2,1-2H3. The van der Waals surface area contributed by atoms with Gasteiger partial charge in [0.15, 0.2) is 0 Å². The summed E-state index contributed by atoms with van der Waals surface area (Å²) in [7, 11) is 0. The van der Waals surface area contributed by atoms with Crippen molar-refractivity contribution in [1.29, 1.82) is 0 Å². The van der Waals surface area contributed by atoms with E-state index >= 15 is 0 Å². The van der Waals surface area contributed by atoms with Gasteiger partial charge in [0.1, 0.15) is 42.9 Å². The van der Waals surface area contributed by atoms with E-state index in [1.807, 2.05) is 13.8 Å². The minimum absolute atomic E-state index is 0.0288. The molecular formula is C16H31NO9. The zero-order valence-electron chi connectivity index (χ0n) is 14.9. The molecule has 154 valence electrons. The van der Waals surface area contributed by atoms with Crippen molar-refractivity contribution in [2.45, 2.75) is 81.4 Å². The van der Waals surface area contributed by atoms with Crippen LogP contribution in [0.1, 0.15) is 20.3 Å². The van der Waals surface area contributed by atoms with Crippen LogP contribution in [0.2, 0.25) is 0 Å². The van der Waals surface area contributed by atoms with Gasteiger partial charge in [-0.2, -0.15) is 0 Å². The third-order valence-electron chi connectivity index (χ3n) is 5.03. The highest BCUT2D eigenvalue weighted by atomic mass is 16.6. The third kappa shape index (κ3) is 4.53. The molecular weight excluding hydrogens is 350 g/mol. The van der Waals surface area contributed by atoms with E-state index in [1.165, 1.54) is 0 Å². The number of hydrogen-bond donors (Lipinski definition) is 8. The van der Waals surface area contributed by atoms with E-state index in [2.05, 4.69) is 5.32 Å². The van der Waals surface area contributed by atoms with Gasteiger partial charge < -0.3 is 45.2 Å². The van der Waals surface area contributed by atoms with Gasteiger partial charge in [0.25, 0.3) is 0 Å². The quantitative estimate of drug-likeness (QED) is 0.229. The lowest BCUT2D eigenvalue weighted by atomic mass is 9.81. The molecule has 2 rings (SSSR count). The molecule has 0 radical (unpaired) electrons. The van der Waals surface area contributed by atoms with Crippen LogP contribution in [-0.2, 0) is 9.47 Å². The first-order chi connectivity index (χ1) is 12.2. The molecule has 26 heavy (non-hydrogen) atoms. The molecule has 10 nitrogen and oxygen atoms in total. The highest BCUT2D eigenvalue weighted by Gasteiger charge is 2.49. The number of aliphatic hydroxyl groups is 7. The molecule has 10 heteroatoms. The molecule has 1 saturated carbocycles. The minimum atomic E-state index is -1.53. The lowest BCUT2D eigenvalue weighted by molar-refractivity contribution is -0.277. The normalized spacial score (nSPS) is 47.3. The maximum absolute atomic E-state index is 10.4. The maximum atomic E-state index is 10.4. The first-order valence-electron chi connectivity index (χ1n) is 8.90. The third-order valence-corrected chi connectivity index (χ3v) is 5.03. The van der Waals surface area contributed by atoms with Crippen LogP contribution in [0.25, 0.3) is 0 Å². The Labute approximate surface area is 152 Å². The summed E-state index contributed by atoms with van der Waals surface area (Å²) in [6, 6.07) is -0.0409. The molecule has 1 saturated heterocycles. The summed E-state index contributed by atoms with van der Waals surface area (Å²) < 4.78 is 11.3. The van der Waals surface area contributed by atoms with E-state index in [4.69, 9.17) is 9.47 Å². The van der Waals surface area contributed by atoms with Crippen LogP contribution in [0.15, 0.2) is 0 Å². The number of nitrogens with one attached hydrogen (secondary N) is 1. The van der Waals surface area contributed by atoms with E-state index in [1.54, 1.807) is 0 Å². The van der Waals surface area contributed by atoms with Crippen LogP contribution in [0, 0.1) is 5.92 Å². The van der Waals surface area contributed by atoms with Crippen LogP contribution in [-0.4, -0.2) is 110 Å². The summed E-state index contributed by atoms with van der Waals surface area (Å²) in [5.74, 6) is -0.715. The lowest BCUT2D eigenvalue weighted by Crippen LogP contribution is -2.65. The number of aliphatic hydroxyl groups excluding tert-OH is 7. The molecule has 0 spiro atoms. The van der Waals surface area contributed by atoms with Gasteiger partial charge in [-0.05, 0) is 20.3 Å². The number of ether oxygens (including phenoxy) is 2. The summed E-state index contributed by atoms with van der Waals surface area (Å²) in [5.41, 5.74) is 0. The van der Waals surface area contributed by atoms with Crippen molar-refractivity contribution >= 4 is 0 Å². The van der Waals surface area contributed by atoms with Crippen LogP contribution < -0.4 is 5.32 Å². The topological polar surface area (TPSA) is 172 Å². The number of rotatable bonds is 6. The first kappa shape index (κ1) is 21.9. The average molecular weight is 381 g/mol. The molecule has 10 atom stereocenters. The first-order valence-corrected chi connectivity index (χ1v) is 8.90. The fourth-order valence-corrected chi connectivity index (χ4v) is 3.52. The van der Waals surface area contributed by atoms with Crippen LogP contribution in [0.3, 0.4) is 0 Å². The van der Waals surface area contributed by atoms with Crippen LogP contribution >= 0.6 is 0 Å². The summed E-state index contributed by atoms with van der Waals surface area (Å²) in [5, 5.41) is 72.5. The second kappa shape index (κ2) is 9.20. The highest BCUT2D eigenvalue weighted by molar-refractivity contribution is 4.97. The largest absolute Gasteiger partial charge is 0.396 e. The predicted octanol–water partition coefficient (Wildman–Crippen LogP) is -3.73. The van der Waals surface area contributed by atoms with E-state index in [0.717, 1.165) is 0 Å². The minimum Gasteiger partial charge on any atom is -0.396 e. The summed E-state index contributed by atoms with van der Waals surface area (Å²) in [6.07, 6.45) is -11.1. The highest BCUT2D eigenvalue weighted by Crippen LogP contribution is 2.31. The predicted molar refractivity (Wildman–Crippen MR) is 87.9 cm³/mol. The van der Waals surface area contributed by atoms with E-state index in [9.17, 15) is 35.7 Å². The molecule has 10 unspecified atom stereocenters. The molecule has 2 aliphatic rings. The Balaban J connectivity index is 2.11. The van der Waals surface area contributed by atoms with Crippen molar-refractivity contribution in [1.82, 2.24) is 5.32 Å². The second-order valence-electron chi connectivity index (χ2n) is 7.37. The Morgan fingerprint density at radius 1 is 0.923 bits per heavy atom. The van der Waals surface area contributed by atoms with Gasteiger partial charge in [0.2, 0.25) is 0 Å². The summed E-state index contributed by atoms with van der Waals surface area (Å²) in [4.78, 5) is 0. The summed E-state index contributed by atoms with van der Waals surface area (Å²) >= 11 is 0. The van der Waals surface area contributed by atoms with Crippen molar-refractivity contribution in [3.05, 3.63) is 0 Å².